The summed E-state index contributed by atoms with van der Waals surface area (Å²) in [6, 6.07) is 0. The Morgan fingerprint density at radius 1 is 1.56 bits per heavy atom. The van der Waals surface area contributed by atoms with Crippen LogP contribution < -0.4 is 0 Å². The van der Waals surface area contributed by atoms with Crippen LogP contribution in [0.25, 0.3) is 6.08 Å². The van der Waals surface area contributed by atoms with Gasteiger partial charge >= 0.3 is 0 Å². The average molecular weight is 118 g/mol. The van der Waals surface area contributed by atoms with Crippen LogP contribution in [0.3, 0.4) is 0 Å². The van der Waals surface area contributed by atoms with Gasteiger partial charge in [0.2, 0.25) is 0 Å². The molecule has 0 unspecified atom stereocenters. The molecule has 0 atom stereocenters. The van der Waals surface area contributed by atoms with Crippen molar-refractivity contribution in [2.45, 2.75) is 0 Å². The van der Waals surface area contributed by atoms with Gasteiger partial charge < -0.3 is 0 Å². The molecule has 0 N–H and O–H groups in total. The predicted octanol–water partition coefficient (Wildman–Crippen LogP) is 1.27. The fraction of sp³-hybridized carbons (Fsp3) is 0. The van der Waals surface area contributed by atoms with E-state index >= 15 is 0 Å². The third-order valence-corrected chi connectivity index (χ3v) is 0.833. The summed E-state index contributed by atoms with van der Waals surface area (Å²) in [5, 5.41) is 0. The lowest BCUT2D eigenvalue weighted by atomic mass is 10.4. The van der Waals surface area contributed by atoms with Crippen LogP contribution in [0.5, 0.6) is 0 Å². The minimum atomic E-state index is 0.785. The lowest BCUT2D eigenvalue weighted by molar-refractivity contribution is 1.18. The first kappa shape index (κ1) is 5.73. The highest BCUT2D eigenvalue weighted by atomic mass is 14.7. The summed E-state index contributed by atoms with van der Waals surface area (Å²) in [6.45, 7) is 3.41. The average Bonchev–Trinajstić information content (AvgIpc) is 1.91. The van der Waals surface area contributed by atoms with E-state index in [0.717, 1.165) is 5.69 Å². The van der Waals surface area contributed by atoms with Crippen LogP contribution in [0.1, 0.15) is 5.69 Å². The van der Waals surface area contributed by atoms with Crippen molar-refractivity contribution >= 4 is 6.08 Å². The fourth-order valence-electron chi connectivity index (χ4n) is 0.490. The number of aromatic nitrogens is 2. The molecule has 44 valence electrons. The normalized spacial score (nSPS) is 8.00. The molecule has 0 aromatic carbocycles. The Morgan fingerprint density at radius 3 is 3.00 bits per heavy atom. The number of hydrogen-bond acceptors (Lipinski definition) is 2. The summed E-state index contributed by atoms with van der Waals surface area (Å²) >= 11 is 0. The second-order valence-electron chi connectivity index (χ2n) is 1.48. The summed E-state index contributed by atoms with van der Waals surface area (Å²) in [5.41, 5.74) is 3.39. The molecule has 0 spiro atoms. The third-order valence-electron chi connectivity index (χ3n) is 0.833. The Labute approximate surface area is 53.6 Å². The molecule has 1 rings (SSSR count). The monoisotopic (exact) mass is 118 g/mol. The van der Waals surface area contributed by atoms with E-state index in [9.17, 15) is 0 Å². The second-order valence-corrected chi connectivity index (χ2v) is 1.48. The van der Waals surface area contributed by atoms with Crippen molar-refractivity contribution in [3.63, 3.8) is 0 Å². The molecule has 0 radical (unpaired) electrons. The highest BCUT2D eigenvalue weighted by Gasteiger charge is 1.80. The zero-order valence-electron chi connectivity index (χ0n) is 4.91. The number of rotatable bonds is 1. The van der Waals surface area contributed by atoms with Crippen molar-refractivity contribution in [3.05, 3.63) is 36.6 Å². The maximum Gasteiger partial charge on any atom is 0.0889 e. The molecule has 2 nitrogen and oxygen atoms in total. The number of nitrogens with zero attached hydrogens (tertiary/aromatic N) is 2. The standard InChI is InChI=1S/C7H6N2/c1-2-3-7-6-8-4-5-9-7/h3-6H,1H2. The lowest BCUT2D eigenvalue weighted by Crippen LogP contribution is -1.78. The van der Waals surface area contributed by atoms with Gasteiger partial charge in [-0.3, -0.25) is 9.97 Å². The molecular weight excluding hydrogens is 112 g/mol. The van der Waals surface area contributed by atoms with Crippen molar-refractivity contribution < 1.29 is 0 Å². The molecular formula is C7H6N2. The SMILES string of the molecule is C=C=Cc1cnccn1. The first-order valence-electron chi connectivity index (χ1n) is 2.55. The van der Waals surface area contributed by atoms with Gasteiger partial charge in [0, 0.05) is 18.5 Å². The Bertz CT molecular complexity index is 222. The molecule has 0 amide bonds. The van der Waals surface area contributed by atoms with Gasteiger partial charge in [0.05, 0.1) is 11.9 Å². The molecule has 0 saturated heterocycles. The summed E-state index contributed by atoms with van der Waals surface area (Å²) in [4.78, 5) is 7.79. The Hall–Kier alpha value is -1.40. The number of hydrogen-bond donors (Lipinski definition) is 0. The third kappa shape index (κ3) is 1.52. The van der Waals surface area contributed by atoms with E-state index in [1.54, 1.807) is 24.7 Å². The molecule has 9 heavy (non-hydrogen) atoms. The molecule has 0 saturated carbocycles. The minimum absolute atomic E-state index is 0.785. The summed E-state index contributed by atoms with van der Waals surface area (Å²) in [7, 11) is 0. The van der Waals surface area contributed by atoms with Gasteiger partial charge in [-0.15, -0.1) is 5.73 Å². The van der Waals surface area contributed by atoms with Gasteiger partial charge in [0.15, 0.2) is 0 Å². The maximum absolute atomic E-state index is 3.95. The van der Waals surface area contributed by atoms with E-state index in [1.165, 1.54) is 0 Å². The van der Waals surface area contributed by atoms with Crippen LogP contribution in [-0.4, -0.2) is 9.97 Å². The smallest absolute Gasteiger partial charge is 0.0889 e. The fourth-order valence-corrected chi connectivity index (χ4v) is 0.490. The molecule has 0 fully saturated rings. The van der Waals surface area contributed by atoms with Crippen molar-refractivity contribution in [1.29, 1.82) is 0 Å². The first-order valence-corrected chi connectivity index (χ1v) is 2.55. The molecule has 1 aromatic heterocycles. The lowest BCUT2D eigenvalue weighted by Gasteiger charge is -1.83. The zero-order valence-corrected chi connectivity index (χ0v) is 4.91. The maximum atomic E-state index is 3.95. The molecule has 1 heterocycles. The predicted molar refractivity (Wildman–Crippen MR) is 35.6 cm³/mol. The molecule has 0 bridgehead atoms. The van der Waals surface area contributed by atoms with E-state index < -0.39 is 0 Å². The minimum Gasteiger partial charge on any atom is -0.261 e. The van der Waals surface area contributed by atoms with E-state index in [0.29, 0.717) is 0 Å². The van der Waals surface area contributed by atoms with E-state index in [2.05, 4.69) is 22.3 Å². The zero-order chi connectivity index (χ0) is 6.53. The highest BCUT2D eigenvalue weighted by Crippen LogP contribution is 1.89. The second kappa shape index (κ2) is 2.80. The Balaban J connectivity index is 2.97. The van der Waals surface area contributed by atoms with Gasteiger partial charge in [-0.25, -0.2) is 0 Å². The molecule has 0 aliphatic rings. The molecule has 1 aromatic rings. The Kier molecular flexibility index (Phi) is 1.78. The van der Waals surface area contributed by atoms with Crippen molar-refractivity contribution in [3.8, 4) is 0 Å². The van der Waals surface area contributed by atoms with Gasteiger partial charge in [0.25, 0.3) is 0 Å². The van der Waals surface area contributed by atoms with Crippen LogP contribution in [0.15, 0.2) is 30.9 Å². The van der Waals surface area contributed by atoms with Crippen molar-refractivity contribution in [1.82, 2.24) is 9.97 Å². The quantitative estimate of drug-likeness (QED) is 0.519. The first-order chi connectivity index (χ1) is 4.43. The Morgan fingerprint density at radius 2 is 2.44 bits per heavy atom. The van der Waals surface area contributed by atoms with Crippen LogP contribution >= 0.6 is 0 Å². The van der Waals surface area contributed by atoms with Crippen LogP contribution in [0.4, 0.5) is 0 Å². The summed E-state index contributed by atoms with van der Waals surface area (Å²) < 4.78 is 0. The van der Waals surface area contributed by atoms with Gasteiger partial charge in [-0.2, -0.15) is 0 Å². The van der Waals surface area contributed by atoms with Gasteiger partial charge in [-0.1, -0.05) is 6.58 Å². The van der Waals surface area contributed by atoms with Crippen molar-refractivity contribution in [2.75, 3.05) is 0 Å². The van der Waals surface area contributed by atoms with Crippen LogP contribution in [-0.2, 0) is 0 Å². The largest absolute Gasteiger partial charge is 0.261 e. The molecule has 0 aliphatic heterocycles. The van der Waals surface area contributed by atoms with E-state index in [-0.39, 0.29) is 0 Å². The molecule has 2 heteroatoms. The van der Waals surface area contributed by atoms with E-state index in [4.69, 9.17) is 0 Å². The van der Waals surface area contributed by atoms with Crippen molar-refractivity contribution in [2.24, 2.45) is 0 Å². The van der Waals surface area contributed by atoms with Crippen LogP contribution in [0, 0.1) is 0 Å². The van der Waals surface area contributed by atoms with Crippen LogP contribution in [0.2, 0.25) is 0 Å². The molecule has 0 aliphatic carbocycles. The van der Waals surface area contributed by atoms with Gasteiger partial charge in [-0.05, 0) is 0 Å². The summed E-state index contributed by atoms with van der Waals surface area (Å²) in [5.74, 6) is 0. The van der Waals surface area contributed by atoms with E-state index in [1.807, 2.05) is 0 Å². The summed E-state index contributed by atoms with van der Waals surface area (Å²) in [6.07, 6.45) is 6.58. The van der Waals surface area contributed by atoms with Gasteiger partial charge in [0.1, 0.15) is 0 Å². The topological polar surface area (TPSA) is 25.8 Å². The highest BCUT2D eigenvalue weighted by molar-refractivity contribution is 5.40.